The minimum atomic E-state index is 0.693. The zero-order valence-electron chi connectivity index (χ0n) is 15.9. The molecule has 3 aromatic rings. The normalized spacial score (nSPS) is 15.3. The van der Waals surface area contributed by atoms with Crippen LogP contribution in [0, 0.1) is 0 Å². The predicted octanol–water partition coefficient (Wildman–Crippen LogP) is 5.07. The maximum atomic E-state index is 5.55. The van der Waals surface area contributed by atoms with Crippen LogP contribution in [-0.4, -0.2) is 40.7 Å². The first-order valence-electron chi connectivity index (χ1n) is 9.92. The van der Waals surface area contributed by atoms with Crippen LogP contribution in [0.4, 0.5) is 0 Å². The van der Waals surface area contributed by atoms with Crippen molar-refractivity contribution in [1.82, 2.24) is 14.5 Å². The summed E-state index contributed by atoms with van der Waals surface area (Å²) in [6.07, 6.45) is 4.04. The molecular weight excluding hydrogens is 354 g/mol. The molecule has 2 aromatic carbocycles. The molecule has 0 aliphatic carbocycles. The molecule has 0 bridgehead atoms. The van der Waals surface area contributed by atoms with Crippen LogP contribution in [0.2, 0.25) is 0 Å². The van der Waals surface area contributed by atoms with E-state index < -0.39 is 0 Å². The van der Waals surface area contributed by atoms with Gasteiger partial charge in [0.25, 0.3) is 0 Å². The van der Waals surface area contributed by atoms with Crippen molar-refractivity contribution in [3.8, 4) is 5.75 Å². The molecule has 0 amide bonds. The van der Waals surface area contributed by atoms with Gasteiger partial charge in [0, 0.05) is 18.0 Å². The van der Waals surface area contributed by atoms with E-state index in [0.29, 0.717) is 6.61 Å². The van der Waals surface area contributed by atoms with Crippen molar-refractivity contribution in [3.63, 3.8) is 0 Å². The number of imidazole rings is 1. The third-order valence-corrected chi connectivity index (χ3v) is 6.05. The Morgan fingerprint density at radius 2 is 1.74 bits per heavy atom. The molecule has 1 aliphatic rings. The quantitative estimate of drug-likeness (QED) is 0.571. The molecule has 1 aromatic heterocycles. The fourth-order valence-corrected chi connectivity index (χ4v) is 4.57. The number of piperidine rings is 1. The Balaban J connectivity index is 1.55. The molecule has 2 heterocycles. The van der Waals surface area contributed by atoms with Crippen LogP contribution >= 0.6 is 11.8 Å². The molecule has 4 nitrogen and oxygen atoms in total. The second kappa shape index (κ2) is 8.81. The fraction of sp³-hybridized carbons (Fsp3) is 0.409. The number of ether oxygens (including phenoxy) is 1. The van der Waals surface area contributed by atoms with Gasteiger partial charge < -0.3 is 14.2 Å². The summed E-state index contributed by atoms with van der Waals surface area (Å²) >= 11 is 1.73. The van der Waals surface area contributed by atoms with E-state index in [2.05, 4.69) is 45.9 Å². The first-order chi connectivity index (χ1) is 13.3. The highest BCUT2D eigenvalue weighted by Gasteiger charge is 2.15. The lowest BCUT2D eigenvalue weighted by molar-refractivity contribution is 0.220. The van der Waals surface area contributed by atoms with E-state index in [4.69, 9.17) is 9.72 Å². The van der Waals surface area contributed by atoms with Crippen molar-refractivity contribution < 1.29 is 4.74 Å². The van der Waals surface area contributed by atoms with Gasteiger partial charge in [-0.2, -0.15) is 0 Å². The average Bonchev–Trinajstić information content (AvgIpc) is 3.06. The van der Waals surface area contributed by atoms with E-state index in [-0.39, 0.29) is 0 Å². The van der Waals surface area contributed by atoms with Crippen LogP contribution in [0.15, 0.2) is 58.6 Å². The number of rotatable bonds is 7. The molecule has 0 radical (unpaired) electrons. The lowest BCUT2D eigenvalue weighted by Gasteiger charge is -2.26. The first-order valence-corrected chi connectivity index (χ1v) is 10.7. The molecule has 4 rings (SSSR count). The molecule has 142 valence electrons. The number of para-hydroxylation sites is 2. The highest BCUT2D eigenvalue weighted by atomic mass is 32.2. The molecule has 0 atom stereocenters. The molecule has 1 saturated heterocycles. The highest BCUT2D eigenvalue weighted by Crippen LogP contribution is 2.31. The largest absolute Gasteiger partial charge is 0.494 e. The Morgan fingerprint density at radius 3 is 2.52 bits per heavy atom. The van der Waals surface area contributed by atoms with E-state index in [0.717, 1.165) is 29.5 Å². The third kappa shape index (κ3) is 4.47. The summed E-state index contributed by atoms with van der Waals surface area (Å²) in [7, 11) is 0. The monoisotopic (exact) mass is 381 g/mol. The summed E-state index contributed by atoms with van der Waals surface area (Å²) in [6, 6.07) is 16.8. The van der Waals surface area contributed by atoms with Crippen LogP contribution in [0.3, 0.4) is 0 Å². The zero-order chi connectivity index (χ0) is 18.5. The van der Waals surface area contributed by atoms with E-state index in [1.807, 2.05) is 19.1 Å². The summed E-state index contributed by atoms with van der Waals surface area (Å²) in [4.78, 5) is 8.68. The number of nitrogens with zero attached hydrogens (tertiary/aromatic N) is 3. The third-order valence-electron chi connectivity index (χ3n) is 5.05. The number of hydrogen-bond acceptors (Lipinski definition) is 4. The Kier molecular flexibility index (Phi) is 6.00. The van der Waals surface area contributed by atoms with Crippen LogP contribution in [-0.2, 0) is 6.54 Å². The molecule has 5 heteroatoms. The van der Waals surface area contributed by atoms with E-state index in [9.17, 15) is 0 Å². The molecule has 1 aliphatic heterocycles. The molecule has 1 fully saturated rings. The standard InChI is InChI=1S/C22H27N3OS/c1-2-26-18-10-12-19(13-11-18)27-22-23-20-8-4-5-9-21(20)25(22)17-16-24-14-6-3-7-15-24/h4-5,8-13H,2-3,6-7,14-17H2,1H3. The SMILES string of the molecule is CCOc1ccc(Sc2nc3ccccc3n2CCN2CCCCC2)cc1. The molecular formula is C22H27N3OS. The maximum Gasteiger partial charge on any atom is 0.173 e. The van der Waals surface area contributed by atoms with Gasteiger partial charge in [-0.3, -0.25) is 0 Å². The fourth-order valence-electron chi connectivity index (χ4n) is 3.65. The van der Waals surface area contributed by atoms with Gasteiger partial charge in [0.2, 0.25) is 0 Å². The van der Waals surface area contributed by atoms with Gasteiger partial charge in [-0.05, 0) is 69.3 Å². The van der Waals surface area contributed by atoms with Gasteiger partial charge in [-0.25, -0.2) is 4.98 Å². The minimum Gasteiger partial charge on any atom is -0.494 e. The van der Waals surface area contributed by atoms with Crippen LogP contribution < -0.4 is 4.74 Å². The molecule has 0 saturated carbocycles. The number of hydrogen-bond donors (Lipinski definition) is 0. The summed E-state index contributed by atoms with van der Waals surface area (Å²) in [6.45, 7) is 7.24. The van der Waals surface area contributed by atoms with Crippen molar-refractivity contribution in [2.45, 2.75) is 42.8 Å². The van der Waals surface area contributed by atoms with E-state index >= 15 is 0 Å². The highest BCUT2D eigenvalue weighted by molar-refractivity contribution is 7.99. The Morgan fingerprint density at radius 1 is 0.963 bits per heavy atom. The molecule has 0 N–H and O–H groups in total. The Bertz CT molecular complexity index is 869. The van der Waals surface area contributed by atoms with Crippen molar-refractivity contribution in [2.75, 3.05) is 26.2 Å². The minimum absolute atomic E-state index is 0.693. The van der Waals surface area contributed by atoms with Gasteiger partial charge in [0.1, 0.15) is 5.75 Å². The zero-order valence-corrected chi connectivity index (χ0v) is 16.8. The van der Waals surface area contributed by atoms with Crippen LogP contribution in [0.5, 0.6) is 5.75 Å². The van der Waals surface area contributed by atoms with E-state index in [1.54, 1.807) is 11.8 Å². The molecule has 0 unspecified atom stereocenters. The van der Waals surface area contributed by atoms with Crippen molar-refractivity contribution in [1.29, 1.82) is 0 Å². The van der Waals surface area contributed by atoms with Crippen molar-refractivity contribution in [3.05, 3.63) is 48.5 Å². The van der Waals surface area contributed by atoms with Gasteiger partial charge in [-0.1, -0.05) is 30.3 Å². The first kappa shape index (κ1) is 18.4. The average molecular weight is 382 g/mol. The van der Waals surface area contributed by atoms with Crippen LogP contribution in [0.25, 0.3) is 11.0 Å². The molecule has 0 spiro atoms. The Labute approximate surface area is 165 Å². The lowest BCUT2D eigenvalue weighted by atomic mass is 10.1. The van der Waals surface area contributed by atoms with E-state index in [1.165, 1.54) is 42.8 Å². The second-order valence-corrected chi connectivity index (χ2v) is 7.98. The van der Waals surface area contributed by atoms with Gasteiger partial charge >= 0.3 is 0 Å². The van der Waals surface area contributed by atoms with Crippen molar-refractivity contribution >= 4 is 22.8 Å². The molecule has 27 heavy (non-hydrogen) atoms. The summed E-state index contributed by atoms with van der Waals surface area (Å²) in [5.74, 6) is 0.917. The summed E-state index contributed by atoms with van der Waals surface area (Å²) in [5.41, 5.74) is 2.30. The number of aromatic nitrogens is 2. The number of fused-ring (bicyclic) bond motifs is 1. The second-order valence-electron chi connectivity index (χ2n) is 6.94. The topological polar surface area (TPSA) is 30.3 Å². The van der Waals surface area contributed by atoms with Gasteiger partial charge in [0.05, 0.1) is 17.6 Å². The number of benzene rings is 2. The number of likely N-dealkylation sites (tertiary alicyclic amines) is 1. The summed E-state index contributed by atoms with van der Waals surface area (Å²) < 4.78 is 7.93. The van der Waals surface area contributed by atoms with Gasteiger partial charge in [-0.15, -0.1) is 0 Å². The maximum absolute atomic E-state index is 5.55. The summed E-state index contributed by atoms with van der Waals surface area (Å²) in [5, 5.41) is 1.07. The smallest absolute Gasteiger partial charge is 0.173 e. The van der Waals surface area contributed by atoms with Gasteiger partial charge in [0.15, 0.2) is 5.16 Å². The van der Waals surface area contributed by atoms with Crippen LogP contribution in [0.1, 0.15) is 26.2 Å². The predicted molar refractivity (Wildman–Crippen MR) is 112 cm³/mol. The Hall–Kier alpha value is -1.98. The lowest BCUT2D eigenvalue weighted by Crippen LogP contribution is -2.32. The van der Waals surface area contributed by atoms with Crippen molar-refractivity contribution in [2.24, 2.45) is 0 Å².